The van der Waals surface area contributed by atoms with Gasteiger partial charge in [0.05, 0.1) is 6.10 Å². The van der Waals surface area contributed by atoms with E-state index in [1.54, 1.807) is 0 Å². The predicted molar refractivity (Wildman–Crippen MR) is 73.1 cm³/mol. The maximum Gasteiger partial charge on any atom is 0.0671 e. The molecule has 0 heterocycles. The number of aliphatic hydroxyl groups is 1. The summed E-state index contributed by atoms with van der Waals surface area (Å²) in [7, 11) is 0. The fraction of sp³-hybridized carbons (Fsp3) is 0.600. The molecule has 2 heteroatoms. The summed E-state index contributed by atoms with van der Waals surface area (Å²) in [6.45, 7) is 8.83. The molecule has 0 bridgehead atoms. The largest absolute Gasteiger partial charge is 0.392 e. The summed E-state index contributed by atoms with van der Waals surface area (Å²) < 4.78 is 0. The number of aryl methyl sites for hydroxylation is 1. The number of nitrogens with two attached hydrogens (primary N) is 1. The molecule has 96 valence electrons. The van der Waals surface area contributed by atoms with Gasteiger partial charge in [0.15, 0.2) is 0 Å². The Labute approximate surface area is 105 Å². The lowest BCUT2D eigenvalue weighted by atomic mass is 9.75. The zero-order valence-corrected chi connectivity index (χ0v) is 11.4. The van der Waals surface area contributed by atoms with Crippen LogP contribution in [0.5, 0.6) is 0 Å². The molecule has 2 unspecified atom stereocenters. The molecule has 2 nitrogen and oxygen atoms in total. The van der Waals surface area contributed by atoms with E-state index in [0.29, 0.717) is 6.54 Å². The lowest BCUT2D eigenvalue weighted by molar-refractivity contribution is 0.0264. The molecule has 17 heavy (non-hydrogen) atoms. The Bertz CT molecular complexity index is 342. The molecular weight excluding hydrogens is 210 g/mol. The van der Waals surface area contributed by atoms with Crippen LogP contribution in [0.25, 0.3) is 0 Å². The Balaban J connectivity index is 2.95. The molecule has 2 atom stereocenters. The van der Waals surface area contributed by atoms with E-state index in [0.717, 1.165) is 12.0 Å². The van der Waals surface area contributed by atoms with Gasteiger partial charge in [-0.15, -0.1) is 0 Å². The molecule has 1 rings (SSSR count). The third kappa shape index (κ3) is 3.30. The smallest absolute Gasteiger partial charge is 0.0671 e. The van der Waals surface area contributed by atoms with Gasteiger partial charge in [0.1, 0.15) is 0 Å². The quantitative estimate of drug-likeness (QED) is 0.824. The molecule has 1 aromatic rings. The van der Waals surface area contributed by atoms with Gasteiger partial charge in [-0.2, -0.15) is 0 Å². The first-order chi connectivity index (χ1) is 7.92. The van der Waals surface area contributed by atoms with E-state index in [-0.39, 0.29) is 11.3 Å². The maximum atomic E-state index is 10.5. The van der Waals surface area contributed by atoms with Gasteiger partial charge in [-0.25, -0.2) is 0 Å². The number of benzene rings is 1. The highest BCUT2D eigenvalue weighted by Crippen LogP contribution is 2.34. The minimum Gasteiger partial charge on any atom is -0.392 e. The second kappa shape index (κ2) is 5.65. The number of hydrogen-bond donors (Lipinski definition) is 2. The minimum atomic E-state index is -0.403. The van der Waals surface area contributed by atoms with E-state index in [2.05, 4.69) is 52.0 Å². The van der Waals surface area contributed by atoms with Gasteiger partial charge in [0, 0.05) is 12.5 Å². The lowest BCUT2D eigenvalue weighted by Crippen LogP contribution is -2.37. The van der Waals surface area contributed by atoms with Crippen LogP contribution in [0.2, 0.25) is 0 Å². The predicted octanol–water partition coefficient (Wildman–Crippen LogP) is 2.83. The summed E-state index contributed by atoms with van der Waals surface area (Å²) in [4.78, 5) is 0. The van der Waals surface area contributed by atoms with Crippen molar-refractivity contribution < 1.29 is 5.11 Å². The minimum absolute atomic E-state index is 0.0190. The van der Waals surface area contributed by atoms with Crippen molar-refractivity contribution in [2.75, 3.05) is 6.54 Å². The highest BCUT2D eigenvalue weighted by atomic mass is 16.3. The number of aliphatic hydroxyl groups excluding tert-OH is 1. The summed E-state index contributed by atoms with van der Waals surface area (Å²) in [5.74, 6) is 0.0190. The van der Waals surface area contributed by atoms with Gasteiger partial charge >= 0.3 is 0 Å². The Morgan fingerprint density at radius 2 is 1.76 bits per heavy atom. The van der Waals surface area contributed by atoms with Crippen molar-refractivity contribution in [2.24, 2.45) is 11.1 Å². The topological polar surface area (TPSA) is 46.2 Å². The first-order valence-corrected chi connectivity index (χ1v) is 6.37. The van der Waals surface area contributed by atoms with Gasteiger partial charge in [0.2, 0.25) is 0 Å². The maximum absolute atomic E-state index is 10.5. The van der Waals surface area contributed by atoms with Crippen LogP contribution in [0.15, 0.2) is 24.3 Å². The molecule has 0 saturated carbocycles. The summed E-state index contributed by atoms with van der Waals surface area (Å²) in [5.41, 5.74) is 8.09. The Kier molecular flexibility index (Phi) is 4.72. The third-order valence-electron chi connectivity index (χ3n) is 3.85. The van der Waals surface area contributed by atoms with Crippen molar-refractivity contribution in [3.63, 3.8) is 0 Å². The number of hydrogen-bond acceptors (Lipinski definition) is 2. The molecule has 0 saturated heterocycles. The summed E-state index contributed by atoms with van der Waals surface area (Å²) in [6.07, 6.45) is 0.538. The molecule has 0 radical (unpaired) electrons. The second-order valence-corrected chi connectivity index (χ2v) is 5.54. The fourth-order valence-electron chi connectivity index (χ4n) is 2.01. The molecule has 3 N–H and O–H groups in total. The van der Waals surface area contributed by atoms with Gasteiger partial charge in [-0.1, -0.05) is 50.6 Å². The van der Waals surface area contributed by atoms with Crippen molar-refractivity contribution in [2.45, 2.75) is 46.1 Å². The zero-order chi connectivity index (χ0) is 13.1. The van der Waals surface area contributed by atoms with Crippen LogP contribution < -0.4 is 5.73 Å². The highest BCUT2D eigenvalue weighted by Gasteiger charge is 2.32. The number of rotatable bonds is 5. The molecular formula is C15H25NO. The monoisotopic (exact) mass is 235 g/mol. The Morgan fingerprint density at radius 1 is 1.24 bits per heavy atom. The average molecular weight is 235 g/mol. The molecule has 0 spiro atoms. The Hall–Kier alpha value is -0.860. The molecule has 0 fully saturated rings. The van der Waals surface area contributed by atoms with Crippen LogP contribution in [0.3, 0.4) is 0 Å². The van der Waals surface area contributed by atoms with E-state index in [1.807, 2.05) is 0 Å². The lowest BCUT2D eigenvalue weighted by Gasteiger charge is -2.35. The van der Waals surface area contributed by atoms with Crippen molar-refractivity contribution in [3.05, 3.63) is 35.4 Å². The molecule has 0 aliphatic rings. The van der Waals surface area contributed by atoms with E-state index < -0.39 is 6.10 Å². The van der Waals surface area contributed by atoms with Gasteiger partial charge < -0.3 is 10.8 Å². The average Bonchev–Trinajstić information content (AvgIpc) is 2.32. The summed E-state index contributed by atoms with van der Waals surface area (Å²) in [5, 5.41) is 10.5. The molecule has 0 aromatic heterocycles. The van der Waals surface area contributed by atoms with Crippen LogP contribution in [0, 0.1) is 12.3 Å². The van der Waals surface area contributed by atoms with Gasteiger partial charge in [-0.3, -0.25) is 0 Å². The van der Waals surface area contributed by atoms with Crippen LogP contribution >= 0.6 is 0 Å². The standard InChI is InChI=1S/C15H25NO/c1-5-15(3,4)14(17)13(10-16)12-8-6-11(2)7-9-12/h6-9,13-14,17H,5,10,16H2,1-4H3. The second-order valence-electron chi connectivity index (χ2n) is 5.54. The SMILES string of the molecule is CCC(C)(C)C(O)C(CN)c1ccc(C)cc1. The van der Waals surface area contributed by atoms with E-state index in [4.69, 9.17) is 5.73 Å². The van der Waals surface area contributed by atoms with Crippen molar-refractivity contribution in [1.29, 1.82) is 0 Å². The van der Waals surface area contributed by atoms with Crippen molar-refractivity contribution >= 4 is 0 Å². The van der Waals surface area contributed by atoms with Crippen LogP contribution in [0.1, 0.15) is 44.2 Å². The summed E-state index contributed by atoms with van der Waals surface area (Å²) in [6, 6.07) is 8.29. The van der Waals surface area contributed by atoms with Gasteiger partial charge in [0.25, 0.3) is 0 Å². The van der Waals surface area contributed by atoms with Gasteiger partial charge in [-0.05, 0) is 24.3 Å². The first kappa shape index (κ1) is 14.2. The van der Waals surface area contributed by atoms with Crippen molar-refractivity contribution in [1.82, 2.24) is 0 Å². The normalized spacial score (nSPS) is 15.6. The van der Waals surface area contributed by atoms with E-state index >= 15 is 0 Å². The first-order valence-electron chi connectivity index (χ1n) is 6.37. The molecule has 0 amide bonds. The Morgan fingerprint density at radius 3 is 2.18 bits per heavy atom. The zero-order valence-electron chi connectivity index (χ0n) is 11.4. The highest BCUT2D eigenvalue weighted by molar-refractivity contribution is 5.26. The third-order valence-corrected chi connectivity index (χ3v) is 3.85. The molecule has 0 aliphatic heterocycles. The summed E-state index contributed by atoms with van der Waals surface area (Å²) >= 11 is 0. The fourth-order valence-corrected chi connectivity index (χ4v) is 2.01. The van der Waals surface area contributed by atoms with Crippen LogP contribution in [-0.2, 0) is 0 Å². The van der Waals surface area contributed by atoms with E-state index in [9.17, 15) is 5.11 Å². The van der Waals surface area contributed by atoms with E-state index in [1.165, 1.54) is 5.56 Å². The van der Waals surface area contributed by atoms with Crippen LogP contribution in [-0.4, -0.2) is 17.8 Å². The molecule has 1 aromatic carbocycles. The molecule has 0 aliphatic carbocycles. The van der Waals surface area contributed by atoms with Crippen LogP contribution in [0.4, 0.5) is 0 Å². The van der Waals surface area contributed by atoms with Crippen molar-refractivity contribution in [3.8, 4) is 0 Å².